The summed E-state index contributed by atoms with van der Waals surface area (Å²) in [4.78, 5) is 28.3. The van der Waals surface area contributed by atoms with E-state index >= 15 is 0 Å². The third kappa shape index (κ3) is 7.93. The van der Waals surface area contributed by atoms with Gasteiger partial charge in [0.05, 0.1) is 11.9 Å². The third-order valence-electron chi connectivity index (χ3n) is 6.35. The minimum absolute atomic E-state index is 0.119. The van der Waals surface area contributed by atoms with Crippen molar-refractivity contribution >= 4 is 50.1 Å². The first-order chi connectivity index (χ1) is 16.5. The Labute approximate surface area is 222 Å². The SMILES string of the molecule is Cc1cccc(CN(C(=O)CN(c2ccc(I)cc2)S(C)(=O)=O)[C@@H](C)C(=O)NC2CCCCC2)c1. The van der Waals surface area contributed by atoms with Gasteiger partial charge in [0.2, 0.25) is 21.8 Å². The van der Waals surface area contributed by atoms with Gasteiger partial charge in [0.25, 0.3) is 0 Å². The second kappa shape index (κ2) is 12.2. The predicted octanol–water partition coefficient (Wildman–Crippen LogP) is 4.23. The summed E-state index contributed by atoms with van der Waals surface area (Å²) in [6.45, 7) is 3.51. The summed E-state index contributed by atoms with van der Waals surface area (Å²) in [6, 6.07) is 14.1. The minimum Gasteiger partial charge on any atom is -0.352 e. The number of aryl methyl sites for hydroxylation is 1. The molecule has 35 heavy (non-hydrogen) atoms. The van der Waals surface area contributed by atoms with Crippen molar-refractivity contribution in [3.05, 3.63) is 63.2 Å². The molecule has 1 fully saturated rings. The highest BCUT2D eigenvalue weighted by Gasteiger charge is 2.31. The average molecular weight is 612 g/mol. The number of anilines is 1. The molecule has 3 rings (SSSR count). The lowest BCUT2D eigenvalue weighted by Gasteiger charge is -2.33. The van der Waals surface area contributed by atoms with Gasteiger partial charge in [0.1, 0.15) is 12.6 Å². The zero-order valence-electron chi connectivity index (χ0n) is 20.5. The van der Waals surface area contributed by atoms with Gasteiger partial charge in [0, 0.05) is 16.2 Å². The number of carbonyl (C=O) groups is 2. The molecule has 2 aromatic carbocycles. The Morgan fingerprint density at radius 3 is 2.34 bits per heavy atom. The number of amides is 2. The molecule has 0 heterocycles. The summed E-state index contributed by atoms with van der Waals surface area (Å²) in [7, 11) is -3.72. The highest BCUT2D eigenvalue weighted by atomic mass is 127. The quantitative estimate of drug-likeness (QED) is 0.431. The average Bonchev–Trinajstić information content (AvgIpc) is 2.81. The fourth-order valence-corrected chi connectivity index (χ4v) is 5.59. The number of nitrogens with one attached hydrogen (secondary N) is 1. The van der Waals surface area contributed by atoms with E-state index in [1.807, 2.05) is 31.2 Å². The lowest BCUT2D eigenvalue weighted by atomic mass is 9.95. The van der Waals surface area contributed by atoms with Crippen LogP contribution >= 0.6 is 22.6 Å². The summed E-state index contributed by atoms with van der Waals surface area (Å²) in [5.41, 5.74) is 2.35. The number of rotatable bonds is 9. The number of halogens is 1. The van der Waals surface area contributed by atoms with Crippen molar-refractivity contribution in [3.63, 3.8) is 0 Å². The molecule has 1 N–H and O–H groups in total. The van der Waals surface area contributed by atoms with E-state index in [0.717, 1.165) is 50.9 Å². The van der Waals surface area contributed by atoms with Crippen LogP contribution in [0.25, 0.3) is 0 Å². The maximum absolute atomic E-state index is 13.6. The minimum atomic E-state index is -3.72. The summed E-state index contributed by atoms with van der Waals surface area (Å²) in [6.07, 6.45) is 6.33. The number of benzene rings is 2. The van der Waals surface area contributed by atoms with Crippen LogP contribution < -0.4 is 9.62 Å². The molecule has 9 heteroatoms. The molecule has 0 aromatic heterocycles. The van der Waals surface area contributed by atoms with Crippen molar-refractivity contribution in [1.82, 2.24) is 10.2 Å². The van der Waals surface area contributed by atoms with Crippen molar-refractivity contribution < 1.29 is 18.0 Å². The number of nitrogens with zero attached hydrogens (tertiary/aromatic N) is 2. The van der Waals surface area contributed by atoms with E-state index in [2.05, 4.69) is 27.9 Å². The van der Waals surface area contributed by atoms with Gasteiger partial charge in [0.15, 0.2) is 0 Å². The lowest BCUT2D eigenvalue weighted by Crippen LogP contribution is -2.52. The molecule has 1 atom stereocenters. The van der Waals surface area contributed by atoms with E-state index in [1.165, 1.54) is 11.3 Å². The molecule has 2 amide bonds. The number of hydrogen-bond donors (Lipinski definition) is 1. The van der Waals surface area contributed by atoms with Crippen molar-refractivity contribution in [2.45, 2.75) is 64.6 Å². The standard InChI is InChI=1S/C26H34IN3O4S/c1-19-8-7-9-21(16-19)17-29(20(2)26(32)28-23-10-5-4-6-11-23)25(31)18-30(35(3,33)34)24-14-12-22(27)13-15-24/h7-9,12-16,20,23H,4-6,10-11,17-18H2,1-3H3,(H,28,32)/t20-/m0/s1. The Morgan fingerprint density at radius 1 is 1.09 bits per heavy atom. The molecule has 0 radical (unpaired) electrons. The van der Waals surface area contributed by atoms with E-state index in [-0.39, 0.29) is 25.0 Å². The Bertz CT molecular complexity index is 1130. The first-order valence-corrected chi connectivity index (χ1v) is 14.9. The largest absolute Gasteiger partial charge is 0.352 e. The maximum atomic E-state index is 13.6. The van der Waals surface area contributed by atoms with Crippen LogP contribution in [0, 0.1) is 10.5 Å². The fraction of sp³-hybridized carbons (Fsp3) is 0.462. The van der Waals surface area contributed by atoms with Crippen LogP contribution in [0.15, 0.2) is 48.5 Å². The maximum Gasteiger partial charge on any atom is 0.244 e. The fourth-order valence-electron chi connectivity index (χ4n) is 4.38. The summed E-state index contributed by atoms with van der Waals surface area (Å²) in [5.74, 6) is -0.639. The molecule has 1 aliphatic carbocycles. The molecular formula is C26H34IN3O4S. The van der Waals surface area contributed by atoms with Gasteiger partial charge in [-0.15, -0.1) is 0 Å². The zero-order valence-corrected chi connectivity index (χ0v) is 23.5. The van der Waals surface area contributed by atoms with Gasteiger partial charge in [-0.2, -0.15) is 0 Å². The molecule has 0 unspecified atom stereocenters. The van der Waals surface area contributed by atoms with Crippen LogP contribution in [0.3, 0.4) is 0 Å². The van der Waals surface area contributed by atoms with Crippen LogP contribution in [-0.4, -0.2) is 50.0 Å². The van der Waals surface area contributed by atoms with Crippen LogP contribution in [0.5, 0.6) is 0 Å². The molecule has 2 aromatic rings. The Balaban J connectivity index is 1.86. The summed E-state index contributed by atoms with van der Waals surface area (Å²) >= 11 is 2.14. The second-order valence-corrected chi connectivity index (χ2v) is 12.4. The molecule has 0 saturated heterocycles. The summed E-state index contributed by atoms with van der Waals surface area (Å²) in [5, 5.41) is 3.11. The van der Waals surface area contributed by atoms with Gasteiger partial charge in [-0.1, -0.05) is 49.1 Å². The third-order valence-corrected chi connectivity index (χ3v) is 8.21. The molecule has 7 nitrogen and oxygen atoms in total. The van der Waals surface area contributed by atoms with Gasteiger partial charge in [-0.05, 0) is 79.1 Å². The Kier molecular flexibility index (Phi) is 9.57. The van der Waals surface area contributed by atoms with Crippen molar-refractivity contribution in [2.24, 2.45) is 0 Å². The van der Waals surface area contributed by atoms with Gasteiger partial charge in [-0.3, -0.25) is 13.9 Å². The highest BCUT2D eigenvalue weighted by molar-refractivity contribution is 14.1. The van der Waals surface area contributed by atoms with Crippen molar-refractivity contribution in [2.75, 3.05) is 17.1 Å². The van der Waals surface area contributed by atoms with E-state index in [0.29, 0.717) is 5.69 Å². The van der Waals surface area contributed by atoms with E-state index in [1.54, 1.807) is 31.2 Å². The molecule has 1 aliphatic rings. The monoisotopic (exact) mass is 611 g/mol. The van der Waals surface area contributed by atoms with E-state index < -0.39 is 22.0 Å². The molecule has 0 aliphatic heterocycles. The highest BCUT2D eigenvalue weighted by Crippen LogP contribution is 2.21. The molecule has 190 valence electrons. The van der Waals surface area contributed by atoms with Crippen molar-refractivity contribution in [1.29, 1.82) is 0 Å². The smallest absolute Gasteiger partial charge is 0.244 e. The summed E-state index contributed by atoms with van der Waals surface area (Å²) < 4.78 is 27.3. The first kappa shape index (κ1) is 27.4. The molecular weight excluding hydrogens is 577 g/mol. The lowest BCUT2D eigenvalue weighted by molar-refractivity contribution is -0.139. The van der Waals surface area contributed by atoms with Crippen LogP contribution in [0.2, 0.25) is 0 Å². The Hall–Kier alpha value is -2.14. The van der Waals surface area contributed by atoms with Gasteiger partial charge in [-0.25, -0.2) is 8.42 Å². The van der Waals surface area contributed by atoms with Gasteiger partial charge < -0.3 is 10.2 Å². The van der Waals surface area contributed by atoms with Gasteiger partial charge >= 0.3 is 0 Å². The molecule has 0 spiro atoms. The zero-order chi connectivity index (χ0) is 25.6. The second-order valence-electron chi connectivity index (χ2n) is 9.28. The van der Waals surface area contributed by atoms with Crippen LogP contribution in [0.1, 0.15) is 50.2 Å². The topological polar surface area (TPSA) is 86.8 Å². The van der Waals surface area contributed by atoms with E-state index in [4.69, 9.17) is 0 Å². The number of carbonyl (C=O) groups excluding carboxylic acids is 2. The Morgan fingerprint density at radius 2 is 1.74 bits per heavy atom. The number of sulfonamides is 1. The van der Waals surface area contributed by atoms with E-state index in [9.17, 15) is 18.0 Å². The first-order valence-electron chi connectivity index (χ1n) is 11.9. The van der Waals surface area contributed by atoms with Crippen molar-refractivity contribution in [3.8, 4) is 0 Å². The normalized spacial score (nSPS) is 15.3. The molecule has 0 bridgehead atoms. The molecule has 1 saturated carbocycles. The van der Waals surface area contributed by atoms with Crippen LogP contribution in [0.4, 0.5) is 5.69 Å². The predicted molar refractivity (Wildman–Crippen MR) is 148 cm³/mol. The van der Waals surface area contributed by atoms with Crippen LogP contribution in [-0.2, 0) is 26.2 Å². The number of hydrogen-bond acceptors (Lipinski definition) is 4.